The van der Waals surface area contributed by atoms with Crippen LogP contribution in [-0.2, 0) is 0 Å². The average molecular weight is 196 g/mol. The number of carbonyl (C=O) groups excluding carboxylic acids is 1. The van der Waals surface area contributed by atoms with E-state index in [4.69, 9.17) is 4.42 Å². The Morgan fingerprint density at radius 3 is 2.86 bits per heavy atom. The fourth-order valence-corrected chi connectivity index (χ4v) is 1.50. The highest BCUT2D eigenvalue weighted by molar-refractivity contribution is 5.86. The fourth-order valence-electron chi connectivity index (χ4n) is 1.50. The monoisotopic (exact) mass is 196 g/mol. The fraction of sp³-hybridized carbons (Fsp3) is 0.625. The molecule has 14 heavy (non-hydrogen) atoms. The third-order valence-electron chi connectivity index (χ3n) is 2.22. The molecule has 0 spiro atoms. The molecule has 0 aliphatic carbocycles. The van der Waals surface area contributed by atoms with Gasteiger partial charge in [-0.15, -0.1) is 5.10 Å². The van der Waals surface area contributed by atoms with Crippen LogP contribution in [0.5, 0.6) is 0 Å². The molecule has 2 amide bonds. The normalized spacial score (nSPS) is 16.7. The second-order valence-corrected chi connectivity index (χ2v) is 3.22. The number of rotatable bonds is 1. The lowest BCUT2D eigenvalue weighted by molar-refractivity contribution is 0.199. The average Bonchev–Trinajstić information content (AvgIpc) is 2.72. The molecule has 1 saturated heterocycles. The van der Waals surface area contributed by atoms with Gasteiger partial charge in [0, 0.05) is 13.1 Å². The van der Waals surface area contributed by atoms with Gasteiger partial charge in [-0.1, -0.05) is 5.10 Å². The van der Waals surface area contributed by atoms with Gasteiger partial charge in [0.1, 0.15) is 0 Å². The number of nitrogens with one attached hydrogen (secondary N) is 1. The lowest BCUT2D eigenvalue weighted by Crippen LogP contribution is -2.38. The zero-order valence-corrected chi connectivity index (χ0v) is 7.77. The van der Waals surface area contributed by atoms with Crippen molar-refractivity contribution in [3.8, 4) is 0 Å². The van der Waals surface area contributed by atoms with E-state index in [-0.39, 0.29) is 12.0 Å². The molecular weight excluding hydrogens is 184 g/mol. The summed E-state index contributed by atoms with van der Waals surface area (Å²) in [5.74, 6) is 0. The van der Waals surface area contributed by atoms with E-state index in [9.17, 15) is 4.79 Å². The minimum absolute atomic E-state index is 0.153. The van der Waals surface area contributed by atoms with Gasteiger partial charge in [0.15, 0.2) is 0 Å². The van der Waals surface area contributed by atoms with Gasteiger partial charge in [0.25, 0.3) is 0 Å². The van der Waals surface area contributed by atoms with Crippen molar-refractivity contribution in [1.29, 1.82) is 0 Å². The summed E-state index contributed by atoms with van der Waals surface area (Å²) in [7, 11) is 0. The van der Waals surface area contributed by atoms with Crippen molar-refractivity contribution in [2.75, 3.05) is 18.4 Å². The quantitative estimate of drug-likeness (QED) is 0.729. The van der Waals surface area contributed by atoms with Crippen LogP contribution in [0.15, 0.2) is 10.8 Å². The van der Waals surface area contributed by atoms with Crippen LogP contribution in [0.25, 0.3) is 0 Å². The number of urea groups is 1. The molecule has 6 heteroatoms. The predicted octanol–water partition coefficient (Wildman–Crippen LogP) is 1.09. The topological polar surface area (TPSA) is 71.3 Å². The molecule has 1 aromatic rings. The van der Waals surface area contributed by atoms with Gasteiger partial charge in [0.05, 0.1) is 0 Å². The van der Waals surface area contributed by atoms with E-state index in [0.717, 1.165) is 25.9 Å². The number of hydrogen-bond acceptors (Lipinski definition) is 4. The second-order valence-electron chi connectivity index (χ2n) is 3.22. The molecule has 1 N–H and O–H groups in total. The number of hydrogen-bond donors (Lipinski definition) is 1. The number of likely N-dealkylation sites (tertiary alicyclic amines) is 1. The van der Waals surface area contributed by atoms with Crippen LogP contribution >= 0.6 is 0 Å². The minimum atomic E-state index is -0.158. The Hall–Kier alpha value is -1.59. The Morgan fingerprint density at radius 1 is 1.43 bits per heavy atom. The molecule has 0 atom stereocenters. The molecule has 2 rings (SSSR count). The summed E-state index contributed by atoms with van der Waals surface area (Å²) in [6.07, 6.45) is 4.52. The lowest BCUT2D eigenvalue weighted by Gasteiger charge is -2.25. The first-order valence-electron chi connectivity index (χ1n) is 4.68. The number of nitrogens with zero attached hydrogens (tertiary/aromatic N) is 3. The van der Waals surface area contributed by atoms with Crippen LogP contribution in [0.1, 0.15) is 19.3 Å². The van der Waals surface area contributed by atoms with Crippen LogP contribution in [0.4, 0.5) is 10.8 Å². The Labute approximate surface area is 81.3 Å². The predicted molar refractivity (Wildman–Crippen MR) is 48.7 cm³/mol. The van der Waals surface area contributed by atoms with Crippen molar-refractivity contribution in [1.82, 2.24) is 15.1 Å². The SMILES string of the molecule is O=C(Nc1nnco1)N1CCCCC1. The maximum Gasteiger partial charge on any atom is 0.325 e. The number of amides is 2. The van der Waals surface area contributed by atoms with Crippen molar-refractivity contribution in [3.05, 3.63) is 6.39 Å². The third-order valence-corrected chi connectivity index (χ3v) is 2.22. The number of carbonyl (C=O) groups is 1. The maximum atomic E-state index is 11.6. The molecule has 76 valence electrons. The Balaban J connectivity index is 1.88. The number of piperidine rings is 1. The molecule has 6 nitrogen and oxygen atoms in total. The van der Waals surface area contributed by atoms with E-state index in [0.29, 0.717) is 0 Å². The van der Waals surface area contributed by atoms with E-state index in [1.165, 1.54) is 12.8 Å². The second kappa shape index (κ2) is 4.08. The Bertz CT molecular complexity index is 292. The minimum Gasteiger partial charge on any atom is -0.411 e. The largest absolute Gasteiger partial charge is 0.411 e. The van der Waals surface area contributed by atoms with Gasteiger partial charge in [-0.05, 0) is 19.3 Å². The molecule has 0 aromatic carbocycles. The van der Waals surface area contributed by atoms with Crippen LogP contribution in [0, 0.1) is 0 Å². The summed E-state index contributed by atoms with van der Waals surface area (Å²) >= 11 is 0. The lowest BCUT2D eigenvalue weighted by atomic mass is 10.1. The van der Waals surface area contributed by atoms with Gasteiger partial charge in [-0.3, -0.25) is 5.32 Å². The van der Waals surface area contributed by atoms with Crippen molar-refractivity contribution >= 4 is 12.0 Å². The zero-order chi connectivity index (χ0) is 9.80. The molecule has 2 heterocycles. The van der Waals surface area contributed by atoms with Gasteiger partial charge < -0.3 is 9.32 Å². The zero-order valence-electron chi connectivity index (χ0n) is 7.77. The van der Waals surface area contributed by atoms with Crippen LogP contribution in [-0.4, -0.2) is 34.2 Å². The van der Waals surface area contributed by atoms with E-state index in [2.05, 4.69) is 15.5 Å². The van der Waals surface area contributed by atoms with Crippen molar-refractivity contribution in [2.24, 2.45) is 0 Å². The summed E-state index contributed by atoms with van der Waals surface area (Å²) in [5, 5.41) is 9.58. The smallest absolute Gasteiger partial charge is 0.325 e. The summed E-state index contributed by atoms with van der Waals surface area (Å²) in [5.41, 5.74) is 0. The van der Waals surface area contributed by atoms with Gasteiger partial charge >= 0.3 is 12.0 Å². The Kier molecular flexibility index (Phi) is 2.62. The van der Waals surface area contributed by atoms with Gasteiger partial charge in [-0.2, -0.15) is 0 Å². The first kappa shape index (κ1) is 8.98. The van der Waals surface area contributed by atoms with Gasteiger partial charge in [0.2, 0.25) is 6.39 Å². The van der Waals surface area contributed by atoms with Crippen LogP contribution in [0.2, 0.25) is 0 Å². The molecule has 1 aliphatic rings. The summed E-state index contributed by atoms with van der Waals surface area (Å²) in [6.45, 7) is 1.61. The summed E-state index contributed by atoms with van der Waals surface area (Å²) in [4.78, 5) is 13.3. The van der Waals surface area contributed by atoms with E-state index in [1.54, 1.807) is 4.90 Å². The first-order valence-corrected chi connectivity index (χ1v) is 4.68. The molecule has 0 saturated carbocycles. The van der Waals surface area contributed by atoms with Crippen molar-refractivity contribution < 1.29 is 9.21 Å². The molecule has 0 unspecified atom stereocenters. The van der Waals surface area contributed by atoms with E-state index >= 15 is 0 Å². The van der Waals surface area contributed by atoms with Gasteiger partial charge in [-0.25, -0.2) is 4.79 Å². The van der Waals surface area contributed by atoms with E-state index in [1.807, 2.05) is 0 Å². The van der Waals surface area contributed by atoms with Crippen molar-refractivity contribution in [2.45, 2.75) is 19.3 Å². The highest BCUT2D eigenvalue weighted by Crippen LogP contribution is 2.10. The number of aromatic nitrogens is 2. The molecule has 1 aliphatic heterocycles. The van der Waals surface area contributed by atoms with Crippen LogP contribution in [0.3, 0.4) is 0 Å². The first-order chi connectivity index (χ1) is 6.86. The summed E-state index contributed by atoms with van der Waals surface area (Å²) in [6, 6.07) is -0.00507. The highest BCUT2D eigenvalue weighted by atomic mass is 16.4. The Morgan fingerprint density at radius 2 is 2.21 bits per heavy atom. The maximum absolute atomic E-state index is 11.6. The molecule has 1 fully saturated rings. The van der Waals surface area contributed by atoms with Crippen molar-refractivity contribution in [3.63, 3.8) is 0 Å². The molecule has 1 aromatic heterocycles. The molecule has 0 bridgehead atoms. The molecular formula is C8H12N4O2. The molecule has 0 radical (unpaired) electrons. The van der Waals surface area contributed by atoms with E-state index < -0.39 is 0 Å². The third kappa shape index (κ3) is 2.01. The van der Waals surface area contributed by atoms with Crippen LogP contribution < -0.4 is 5.32 Å². The standard InChI is InChI=1S/C8H12N4O2/c13-8(10-7-11-9-6-14-7)12-4-2-1-3-5-12/h6H,1-5H2,(H,10,11,13). The summed E-state index contributed by atoms with van der Waals surface area (Å²) < 4.78 is 4.81. The number of anilines is 1. The highest BCUT2D eigenvalue weighted by Gasteiger charge is 2.17.